The number of benzene rings is 2. The molecule has 0 bridgehead atoms. The molecule has 0 saturated carbocycles. The number of nitrogens with zero attached hydrogens (tertiary/aromatic N) is 2. The van der Waals surface area contributed by atoms with Gasteiger partial charge in [-0.2, -0.15) is 5.10 Å². The summed E-state index contributed by atoms with van der Waals surface area (Å²) in [5, 5.41) is 17.3. The van der Waals surface area contributed by atoms with Crippen LogP contribution in [-0.4, -0.2) is 23.0 Å². The van der Waals surface area contributed by atoms with Crippen molar-refractivity contribution in [2.24, 2.45) is 5.10 Å². The summed E-state index contributed by atoms with van der Waals surface area (Å²) in [5.74, 6) is -1.09. The van der Waals surface area contributed by atoms with Gasteiger partial charge in [-0.05, 0) is 42.0 Å². The molecule has 2 aromatic carbocycles. The normalized spacial score (nSPS) is 10.4. The van der Waals surface area contributed by atoms with E-state index in [9.17, 15) is 19.7 Å². The van der Waals surface area contributed by atoms with Crippen LogP contribution in [-0.2, 0) is 9.59 Å². The maximum absolute atomic E-state index is 11.7. The van der Waals surface area contributed by atoms with Crippen molar-refractivity contribution in [3.8, 4) is 0 Å². The lowest BCUT2D eigenvalue weighted by molar-refractivity contribution is -0.384. The molecular weight excluding hydrogens is 348 g/mol. The smallest absolute Gasteiger partial charge is 0.269 e. The standard InChI is InChI=1S/C16H13ClN4O4/c17-12-3-5-13(6-4-12)19-15(22)9-16(23)20-18-10-11-1-7-14(8-2-11)21(24)25/h1-8,10H,9H2,(H,19,22)(H,20,23). The van der Waals surface area contributed by atoms with E-state index in [4.69, 9.17) is 11.6 Å². The van der Waals surface area contributed by atoms with E-state index >= 15 is 0 Å². The summed E-state index contributed by atoms with van der Waals surface area (Å²) < 4.78 is 0. The van der Waals surface area contributed by atoms with Gasteiger partial charge in [0.25, 0.3) is 5.69 Å². The molecule has 0 spiro atoms. The summed E-state index contributed by atoms with van der Waals surface area (Å²) in [7, 11) is 0. The van der Waals surface area contributed by atoms with Crippen LogP contribution in [0.1, 0.15) is 12.0 Å². The Balaban J connectivity index is 1.80. The first kappa shape index (κ1) is 18.1. The molecule has 2 amide bonds. The fraction of sp³-hybridized carbons (Fsp3) is 0.0625. The third-order valence-electron chi connectivity index (χ3n) is 2.96. The minimum atomic E-state index is -0.593. The van der Waals surface area contributed by atoms with Gasteiger partial charge in [0.1, 0.15) is 6.42 Å². The lowest BCUT2D eigenvalue weighted by Gasteiger charge is -2.04. The van der Waals surface area contributed by atoms with Crippen LogP contribution in [0.25, 0.3) is 0 Å². The number of hydrogen-bond donors (Lipinski definition) is 2. The van der Waals surface area contributed by atoms with E-state index in [2.05, 4.69) is 15.8 Å². The molecule has 0 atom stereocenters. The quantitative estimate of drug-likeness (QED) is 0.357. The summed E-state index contributed by atoms with van der Waals surface area (Å²) in [6.07, 6.45) is 0.916. The highest BCUT2D eigenvalue weighted by Crippen LogP contribution is 2.13. The highest BCUT2D eigenvalue weighted by Gasteiger charge is 2.09. The van der Waals surface area contributed by atoms with E-state index in [-0.39, 0.29) is 5.69 Å². The number of amides is 2. The first-order valence-corrected chi connectivity index (χ1v) is 7.43. The van der Waals surface area contributed by atoms with Crippen LogP contribution in [0.5, 0.6) is 0 Å². The number of nitrogens with one attached hydrogen (secondary N) is 2. The average molecular weight is 361 g/mol. The number of nitro benzene ring substituents is 1. The number of hydrogen-bond acceptors (Lipinski definition) is 5. The average Bonchev–Trinajstić information content (AvgIpc) is 2.57. The number of rotatable bonds is 6. The van der Waals surface area contributed by atoms with Gasteiger partial charge in [0.2, 0.25) is 11.8 Å². The van der Waals surface area contributed by atoms with Gasteiger partial charge in [0, 0.05) is 22.8 Å². The second kappa shape index (κ2) is 8.55. The van der Waals surface area contributed by atoms with Crippen LogP contribution in [0.4, 0.5) is 11.4 Å². The fourth-order valence-electron chi connectivity index (χ4n) is 1.78. The van der Waals surface area contributed by atoms with E-state index in [0.29, 0.717) is 16.3 Å². The molecule has 8 nitrogen and oxygen atoms in total. The second-order valence-corrected chi connectivity index (χ2v) is 5.31. The van der Waals surface area contributed by atoms with Crippen LogP contribution in [0.3, 0.4) is 0 Å². The Bertz CT molecular complexity index is 804. The summed E-state index contributed by atoms with van der Waals surface area (Å²) in [6.45, 7) is 0. The summed E-state index contributed by atoms with van der Waals surface area (Å²) in [4.78, 5) is 33.4. The molecule has 0 unspecified atom stereocenters. The van der Waals surface area contributed by atoms with Crippen LogP contribution >= 0.6 is 11.6 Å². The van der Waals surface area contributed by atoms with Gasteiger partial charge in [0.15, 0.2) is 0 Å². The number of carbonyl (C=O) groups excluding carboxylic acids is 2. The van der Waals surface area contributed by atoms with E-state index < -0.39 is 23.2 Å². The first-order chi connectivity index (χ1) is 11.9. The Morgan fingerprint density at radius 1 is 1.08 bits per heavy atom. The van der Waals surface area contributed by atoms with Gasteiger partial charge in [-0.1, -0.05) is 11.6 Å². The van der Waals surface area contributed by atoms with Crippen LogP contribution in [0, 0.1) is 10.1 Å². The summed E-state index contributed by atoms with van der Waals surface area (Å²) >= 11 is 5.74. The van der Waals surface area contributed by atoms with Gasteiger partial charge < -0.3 is 5.32 Å². The zero-order valence-corrected chi connectivity index (χ0v) is 13.6. The van der Waals surface area contributed by atoms with Crippen LogP contribution < -0.4 is 10.7 Å². The third-order valence-corrected chi connectivity index (χ3v) is 3.21. The van der Waals surface area contributed by atoms with Crippen molar-refractivity contribution in [2.45, 2.75) is 6.42 Å². The van der Waals surface area contributed by atoms with Gasteiger partial charge in [-0.3, -0.25) is 19.7 Å². The Labute approximate surface area is 147 Å². The molecule has 0 aliphatic heterocycles. The van der Waals surface area contributed by atoms with Crippen molar-refractivity contribution < 1.29 is 14.5 Å². The highest BCUT2D eigenvalue weighted by molar-refractivity contribution is 6.30. The molecule has 0 heterocycles. The van der Waals surface area contributed by atoms with Gasteiger partial charge in [-0.15, -0.1) is 0 Å². The number of anilines is 1. The molecule has 0 aliphatic carbocycles. The number of nitro groups is 1. The molecule has 0 aromatic heterocycles. The number of non-ortho nitro benzene ring substituents is 1. The van der Waals surface area contributed by atoms with Crippen molar-refractivity contribution in [3.63, 3.8) is 0 Å². The van der Waals surface area contributed by atoms with E-state index in [0.717, 1.165) is 0 Å². The van der Waals surface area contributed by atoms with E-state index in [1.807, 2.05) is 0 Å². The molecule has 0 saturated heterocycles. The number of carbonyl (C=O) groups is 2. The molecule has 2 aromatic rings. The number of hydrazone groups is 1. The molecule has 0 fully saturated rings. The van der Waals surface area contributed by atoms with Crippen molar-refractivity contribution in [3.05, 3.63) is 69.2 Å². The van der Waals surface area contributed by atoms with Crippen LogP contribution in [0.2, 0.25) is 5.02 Å². The SMILES string of the molecule is O=C(CC(=O)Nc1ccc(Cl)cc1)NN=Cc1ccc([N+](=O)[O-])cc1. The molecular formula is C16H13ClN4O4. The van der Waals surface area contributed by atoms with Crippen LogP contribution in [0.15, 0.2) is 53.6 Å². The summed E-state index contributed by atoms with van der Waals surface area (Å²) in [5.41, 5.74) is 3.26. The largest absolute Gasteiger partial charge is 0.326 e. The highest BCUT2D eigenvalue weighted by atomic mass is 35.5. The van der Waals surface area contributed by atoms with Crippen molar-refractivity contribution in [1.82, 2.24) is 5.43 Å². The van der Waals surface area contributed by atoms with Crippen molar-refractivity contribution >= 4 is 41.0 Å². The van der Waals surface area contributed by atoms with Gasteiger partial charge >= 0.3 is 0 Å². The molecule has 25 heavy (non-hydrogen) atoms. The van der Waals surface area contributed by atoms with Crippen molar-refractivity contribution in [1.29, 1.82) is 0 Å². The summed E-state index contributed by atoms with van der Waals surface area (Å²) in [6, 6.07) is 12.1. The third kappa shape index (κ3) is 6.04. The maximum Gasteiger partial charge on any atom is 0.269 e. The lowest BCUT2D eigenvalue weighted by atomic mass is 10.2. The Morgan fingerprint density at radius 2 is 1.72 bits per heavy atom. The zero-order chi connectivity index (χ0) is 18.2. The Kier molecular flexibility index (Phi) is 6.19. The topological polar surface area (TPSA) is 114 Å². The first-order valence-electron chi connectivity index (χ1n) is 7.06. The maximum atomic E-state index is 11.7. The van der Waals surface area contributed by atoms with Crippen molar-refractivity contribution in [2.75, 3.05) is 5.32 Å². The molecule has 9 heteroatoms. The molecule has 0 radical (unpaired) electrons. The monoisotopic (exact) mass is 360 g/mol. The van der Waals surface area contributed by atoms with Gasteiger partial charge in [-0.25, -0.2) is 5.43 Å². The Morgan fingerprint density at radius 3 is 2.32 bits per heavy atom. The molecule has 0 aliphatic rings. The fourth-order valence-corrected chi connectivity index (χ4v) is 1.91. The lowest BCUT2D eigenvalue weighted by Crippen LogP contribution is -2.24. The zero-order valence-electron chi connectivity index (χ0n) is 12.8. The van der Waals surface area contributed by atoms with E-state index in [1.165, 1.54) is 30.5 Å². The predicted octanol–water partition coefficient (Wildman–Crippen LogP) is 2.73. The second-order valence-electron chi connectivity index (χ2n) is 4.87. The minimum absolute atomic E-state index is 0.0416. The van der Waals surface area contributed by atoms with E-state index in [1.54, 1.807) is 24.3 Å². The predicted molar refractivity (Wildman–Crippen MR) is 93.5 cm³/mol. The minimum Gasteiger partial charge on any atom is -0.326 e. The molecule has 128 valence electrons. The molecule has 2 N–H and O–H groups in total. The Hall–Kier alpha value is -3.26. The molecule has 2 rings (SSSR count). The number of halogens is 1. The van der Waals surface area contributed by atoms with Gasteiger partial charge in [0.05, 0.1) is 11.1 Å².